The fourth-order valence-corrected chi connectivity index (χ4v) is 4.92. The molecule has 3 aromatic rings. The summed E-state index contributed by atoms with van der Waals surface area (Å²) in [5.74, 6) is -0.525. The number of nitrogens with one attached hydrogen (secondary N) is 1. The predicted octanol–water partition coefficient (Wildman–Crippen LogP) is 3.54. The number of hydrogen-bond donors (Lipinski definition) is 2. The molecule has 1 saturated heterocycles. The molecule has 35 heavy (non-hydrogen) atoms. The van der Waals surface area contributed by atoms with Crippen molar-refractivity contribution in [2.45, 2.75) is 57.8 Å². The number of nitrogens with two attached hydrogens (primary N) is 1. The normalized spacial score (nSPS) is 17.7. The van der Waals surface area contributed by atoms with Crippen molar-refractivity contribution >= 4 is 39.1 Å². The molecule has 1 aromatic carbocycles. The first kappa shape index (κ1) is 25.4. The number of nitrogen functional groups attached to an aromatic ring is 1. The number of carbonyl (C=O) groups excluding carboxylic acids is 1. The van der Waals surface area contributed by atoms with E-state index < -0.39 is 16.8 Å². The Morgan fingerprint density at radius 1 is 1.51 bits per heavy atom. The first-order valence-corrected chi connectivity index (χ1v) is 12.3. The zero-order valence-corrected chi connectivity index (χ0v) is 21.9. The van der Waals surface area contributed by atoms with Gasteiger partial charge in [0.05, 0.1) is 22.9 Å². The minimum Gasteiger partial charge on any atom is -0.490 e. The Labute approximate surface area is 211 Å². The quantitative estimate of drug-likeness (QED) is 0.465. The van der Waals surface area contributed by atoms with Gasteiger partial charge in [0.2, 0.25) is 0 Å². The van der Waals surface area contributed by atoms with Crippen LogP contribution in [0.5, 0.6) is 5.75 Å². The van der Waals surface area contributed by atoms with Crippen LogP contribution in [0.1, 0.15) is 61.1 Å². The highest BCUT2D eigenvalue weighted by Crippen LogP contribution is 2.42. The summed E-state index contributed by atoms with van der Waals surface area (Å²) in [6.07, 6.45) is 4.62. The second-order valence-corrected chi connectivity index (χ2v) is 10.5. The topological polar surface area (TPSA) is 104 Å². The van der Waals surface area contributed by atoms with Crippen molar-refractivity contribution in [3.05, 3.63) is 51.9 Å². The van der Waals surface area contributed by atoms with Crippen molar-refractivity contribution in [2.75, 3.05) is 18.9 Å². The van der Waals surface area contributed by atoms with E-state index in [2.05, 4.69) is 20.5 Å². The number of amides is 1. The highest BCUT2D eigenvalue weighted by Gasteiger charge is 2.37. The molecule has 3 N–H and O–H groups in total. The standard InChI is InChI=1S/C24H28ClFN5O3Si/c1-12(2)34-20-15(24(4,35)23-30-13(3)19-21(27)28-7-8-31(19)23)10-16(25)18(26)17(20)22(32)29-11-14-6-5-9-33-14/h7-8,10,12,14H,5-6,9,11H2,1-4H3,(H2,27,28)(H,29,32)/t14?,24-/m0/s1. The molecule has 8 nitrogen and oxygen atoms in total. The summed E-state index contributed by atoms with van der Waals surface area (Å²) < 4.78 is 28.8. The van der Waals surface area contributed by atoms with E-state index >= 15 is 4.39 Å². The molecule has 11 heteroatoms. The summed E-state index contributed by atoms with van der Waals surface area (Å²) in [6.45, 7) is 8.18. The third kappa shape index (κ3) is 4.74. The van der Waals surface area contributed by atoms with Crippen LogP contribution in [0.4, 0.5) is 10.2 Å². The number of benzene rings is 1. The molecule has 1 fully saturated rings. The van der Waals surface area contributed by atoms with Crippen molar-refractivity contribution in [2.24, 2.45) is 0 Å². The summed E-state index contributed by atoms with van der Waals surface area (Å²) in [5.41, 5.74) is 7.60. The van der Waals surface area contributed by atoms with Crippen LogP contribution in [-0.4, -0.2) is 55.9 Å². The van der Waals surface area contributed by atoms with Gasteiger partial charge in [-0.05, 0) is 39.7 Å². The van der Waals surface area contributed by atoms with Gasteiger partial charge in [0, 0.05) is 46.4 Å². The predicted molar refractivity (Wildman–Crippen MR) is 133 cm³/mol. The molecule has 1 aliphatic heterocycles. The molecule has 4 rings (SSSR count). The fourth-order valence-electron chi connectivity index (χ4n) is 4.36. The number of hydrogen-bond acceptors (Lipinski definition) is 6. The number of nitrogens with zero attached hydrogens (tertiary/aromatic N) is 3. The minimum absolute atomic E-state index is 0.0840. The van der Waals surface area contributed by atoms with Crippen LogP contribution in [-0.2, 0) is 9.78 Å². The molecule has 2 aromatic heterocycles. The Hall–Kier alpha value is -2.69. The minimum atomic E-state index is -1.05. The maximum Gasteiger partial charge on any atom is 0.258 e. The highest BCUT2D eigenvalue weighted by molar-refractivity contribution is 6.31. The van der Waals surface area contributed by atoms with E-state index in [4.69, 9.17) is 31.8 Å². The third-order valence-electron chi connectivity index (χ3n) is 6.01. The van der Waals surface area contributed by atoms with Crippen molar-refractivity contribution in [3.63, 3.8) is 0 Å². The summed E-state index contributed by atoms with van der Waals surface area (Å²) in [6, 6.07) is 1.46. The second kappa shape index (κ2) is 9.75. The van der Waals surface area contributed by atoms with E-state index in [1.165, 1.54) is 6.07 Å². The Kier molecular flexibility index (Phi) is 7.08. The van der Waals surface area contributed by atoms with Gasteiger partial charge in [-0.15, -0.1) is 0 Å². The number of fused-ring (bicyclic) bond motifs is 1. The van der Waals surface area contributed by atoms with Crippen LogP contribution in [0.15, 0.2) is 18.5 Å². The van der Waals surface area contributed by atoms with Gasteiger partial charge in [0.1, 0.15) is 28.5 Å². The zero-order valence-electron chi connectivity index (χ0n) is 20.1. The van der Waals surface area contributed by atoms with Crippen molar-refractivity contribution in [1.82, 2.24) is 19.7 Å². The van der Waals surface area contributed by atoms with E-state index in [1.54, 1.807) is 30.6 Å². The van der Waals surface area contributed by atoms with Gasteiger partial charge in [0.25, 0.3) is 5.91 Å². The Morgan fingerprint density at radius 3 is 2.91 bits per heavy atom. The van der Waals surface area contributed by atoms with Gasteiger partial charge in [-0.3, -0.25) is 9.20 Å². The summed E-state index contributed by atoms with van der Waals surface area (Å²) in [5, 5.41) is 1.53. The molecule has 1 unspecified atom stereocenters. The third-order valence-corrected chi connectivity index (χ3v) is 6.78. The SMILES string of the molecule is Cc1nc([C@@](C)([Si])c2cc(Cl)c(F)c(C(=O)NCC3CCCO3)c2OC(C)C)n2ccnc(N)c12. The molecule has 1 amide bonds. The Balaban J connectivity index is 1.87. The van der Waals surface area contributed by atoms with Crippen molar-refractivity contribution in [1.29, 1.82) is 0 Å². The molecule has 2 atom stereocenters. The van der Waals surface area contributed by atoms with Crippen LogP contribution >= 0.6 is 11.6 Å². The molecule has 0 bridgehead atoms. The van der Waals surface area contributed by atoms with Crippen LogP contribution in [0.2, 0.25) is 5.02 Å². The number of carbonyl (C=O) groups is 1. The maximum atomic E-state index is 15.4. The Bertz CT molecular complexity index is 1270. The largest absolute Gasteiger partial charge is 0.490 e. The zero-order chi connectivity index (χ0) is 25.5. The molecule has 3 heterocycles. The number of halogens is 2. The fraction of sp³-hybridized carbons (Fsp3) is 0.458. The van der Waals surface area contributed by atoms with E-state index in [9.17, 15) is 4.79 Å². The summed E-state index contributed by atoms with van der Waals surface area (Å²) in [7, 11) is 3.84. The molecule has 0 spiro atoms. The van der Waals surface area contributed by atoms with Crippen LogP contribution in [0, 0.1) is 12.7 Å². The van der Waals surface area contributed by atoms with E-state index in [0.717, 1.165) is 12.8 Å². The van der Waals surface area contributed by atoms with Crippen LogP contribution in [0.3, 0.4) is 0 Å². The molecule has 1 aliphatic rings. The number of anilines is 1. The van der Waals surface area contributed by atoms with E-state index in [-0.39, 0.29) is 35.1 Å². The van der Waals surface area contributed by atoms with Crippen LogP contribution in [0.25, 0.3) is 5.52 Å². The lowest BCUT2D eigenvalue weighted by molar-refractivity contribution is 0.0849. The first-order chi connectivity index (χ1) is 16.5. The second-order valence-electron chi connectivity index (χ2n) is 9.11. The monoisotopic (exact) mass is 516 g/mol. The molecular weight excluding hydrogens is 489 g/mol. The number of imidazole rings is 1. The number of ether oxygens (including phenoxy) is 2. The summed E-state index contributed by atoms with van der Waals surface area (Å²) >= 11 is 6.33. The molecule has 0 saturated carbocycles. The van der Waals surface area contributed by atoms with Crippen LogP contribution < -0.4 is 15.8 Å². The number of aryl methyl sites for hydroxylation is 1. The van der Waals surface area contributed by atoms with E-state index in [1.807, 2.05) is 13.8 Å². The molecule has 0 aliphatic carbocycles. The molecular formula is C24H28ClFN5O3Si. The van der Waals surface area contributed by atoms with Gasteiger partial charge in [-0.2, -0.15) is 0 Å². The summed E-state index contributed by atoms with van der Waals surface area (Å²) in [4.78, 5) is 22.1. The van der Waals surface area contributed by atoms with Gasteiger partial charge in [0.15, 0.2) is 5.82 Å². The lowest BCUT2D eigenvalue weighted by Crippen LogP contribution is -2.34. The Morgan fingerprint density at radius 2 is 2.26 bits per heavy atom. The smallest absolute Gasteiger partial charge is 0.258 e. The highest BCUT2D eigenvalue weighted by atomic mass is 35.5. The molecule has 185 valence electrons. The van der Waals surface area contributed by atoms with Gasteiger partial charge >= 0.3 is 0 Å². The average molecular weight is 517 g/mol. The van der Waals surface area contributed by atoms with Gasteiger partial charge in [-0.25, -0.2) is 14.4 Å². The molecule has 3 radical (unpaired) electrons. The number of aromatic nitrogens is 3. The van der Waals surface area contributed by atoms with Gasteiger partial charge < -0.3 is 20.5 Å². The maximum absolute atomic E-state index is 15.4. The lowest BCUT2D eigenvalue weighted by atomic mass is 9.94. The van der Waals surface area contributed by atoms with Crippen molar-refractivity contribution < 1.29 is 18.7 Å². The number of rotatable bonds is 7. The van der Waals surface area contributed by atoms with Crippen molar-refractivity contribution in [3.8, 4) is 5.75 Å². The lowest BCUT2D eigenvalue weighted by Gasteiger charge is -2.29. The average Bonchev–Trinajstić information content (AvgIpc) is 3.43. The van der Waals surface area contributed by atoms with E-state index in [0.29, 0.717) is 35.0 Å². The first-order valence-electron chi connectivity index (χ1n) is 11.5. The van der Waals surface area contributed by atoms with Gasteiger partial charge in [-0.1, -0.05) is 18.5 Å².